The summed E-state index contributed by atoms with van der Waals surface area (Å²) in [6.07, 6.45) is 3.85. The first-order chi connectivity index (χ1) is 9.81. The van der Waals surface area contributed by atoms with Crippen LogP contribution in [0, 0.1) is 31.1 Å². The van der Waals surface area contributed by atoms with Gasteiger partial charge in [0.25, 0.3) is 0 Å². The van der Waals surface area contributed by atoms with Crippen LogP contribution in [0.25, 0.3) is 0 Å². The van der Waals surface area contributed by atoms with Crippen molar-refractivity contribution in [1.29, 1.82) is 0 Å². The Morgan fingerprint density at radius 2 is 1.90 bits per heavy atom. The first-order valence-electron chi connectivity index (χ1n) is 8.25. The lowest BCUT2D eigenvalue weighted by Gasteiger charge is -2.41. The summed E-state index contributed by atoms with van der Waals surface area (Å²) in [4.78, 5) is 0. The molecule has 2 N–H and O–H groups in total. The molecule has 2 heteroatoms. The third-order valence-electron chi connectivity index (χ3n) is 5.08. The molecule has 2 nitrogen and oxygen atoms in total. The Labute approximate surface area is 130 Å². The average molecular weight is 289 g/mol. The van der Waals surface area contributed by atoms with E-state index in [0.717, 1.165) is 24.6 Å². The zero-order valence-electron chi connectivity index (χ0n) is 14.3. The topological polar surface area (TPSA) is 35.2 Å². The molecule has 0 saturated heterocycles. The summed E-state index contributed by atoms with van der Waals surface area (Å²) in [7, 11) is 0. The molecule has 0 aromatic heterocycles. The van der Waals surface area contributed by atoms with Gasteiger partial charge in [0.1, 0.15) is 11.9 Å². The van der Waals surface area contributed by atoms with Crippen LogP contribution in [-0.4, -0.2) is 12.6 Å². The van der Waals surface area contributed by atoms with E-state index in [2.05, 4.69) is 52.8 Å². The number of rotatable bonds is 3. The Bertz CT molecular complexity index is 475. The normalized spacial score (nSPS) is 26.7. The van der Waals surface area contributed by atoms with Crippen LogP contribution in [0.3, 0.4) is 0 Å². The number of ether oxygens (including phenoxy) is 1. The smallest absolute Gasteiger partial charge is 0.122 e. The maximum absolute atomic E-state index is 6.42. The van der Waals surface area contributed by atoms with E-state index < -0.39 is 0 Å². The molecule has 0 amide bonds. The van der Waals surface area contributed by atoms with Crippen molar-refractivity contribution in [3.05, 3.63) is 29.3 Å². The van der Waals surface area contributed by atoms with Crippen molar-refractivity contribution >= 4 is 0 Å². The monoisotopic (exact) mass is 289 g/mol. The van der Waals surface area contributed by atoms with E-state index in [0.29, 0.717) is 11.3 Å². The minimum atomic E-state index is 0.258. The van der Waals surface area contributed by atoms with Gasteiger partial charge in [-0.3, -0.25) is 0 Å². The molecule has 21 heavy (non-hydrogen) atoms. The summed E-state index contributed by atoms with van der Waals surface area (Å²) in [6, 6.07) is 6.44. The van der Waals surface area contributed by atoms with Gasteiger partial charge in [-0.05, 0) is 68.2 Å². The predicted octanol–water partition coefficient (Wildman–Crippen LogP) is 4.47. The van der Waals surface area contributed by atoms with Crippen LogP contribution in [0.1, 0.15) is 51.2 Å². The first kappa shape index (κ1) is 16.4. The largest absolute Gasteiger partial charge is 0.490 e. The Kier molecular flexibility index (Phi) is 4.98. The van der Waals surface area contributed by atoms with Crippen molar-refractivity contribution in [2.75, 3.05) is 6.54 Å². The molecule has 2 rings (SSSR count). The minimum Gasteiger partial charge on any atom is -0.490 e. The van der Waals surface area contributed by atoms with E-state index in [9.17, 15) is 0 Å². The standard InChI is InChI=1S/C19H31NO/c1-13-6-7-14(2)17(10-13)21-18-11-16(19(3,4)5)9-8-15(18)12-20/h6-7,10,15-16,18H,8-9,11-12,20H2,1-5H3. The quantitative estimate of drug-likeness (QED) is 0.891. The molecule has 1 aliphatic rings. The molecule has 1 fully saturated rings. The van der Waals surface area contributed by atoms with Crippen LogP contribution in [0.4, 0.5) is 0 Å². The predicted molar refractivity (Wildman–Crippen MR) is 89.7 cm³/mol. The van der Waals surface area contributed by atoms with Crippen LogP contribution in [0.5, 0.6) is 5.75 Å². The number of benzene rings is 1. The van der Waals surface area contributed by atoms with Crippen molar-refractivity contribution in [3.8, 4) is 5.75 Å². The average Bonchev–Trinajstić information content (AvgIpc) is 2.42. The molecule has 1 aromatic carbocycles. The number of nitrogens with two attached hydrogens (primary N) is 1. The SMILES string of the molecule is Cc1ccc(C)c(OC2CC(C(C)(C)C)CCC2CN)c1. The number of hydrogen-bond donors (Lipinski definition) is 1. The van der Waals surface area contributed by atoms with Crippen LogP contribution < -0.4 is 10.5 Å². The molecule has 3 unspecified atom stereocenters. The molecule has 0 heterocycles. The summed E-state index contributed by atoms with van der Waals surface area (Å²) in [5.74, 6) is 2.24. The first-order valence-corrected chi connectivity index (χ1v) is 8.25. The van der Waals surface area contributed by atoms with Gasteiger partial charge in [0, 0.05) is 5.92 Å². The highest BCUT2D eigenvalue weighted by Crippen LogP contribution is 2.41. The highest BCUT2D eigenvalue weighted by atomic mass is 16.5. The lowest BCUT2D eigenvalue weighted by molar-refractivity contribution is 0.0327. The van der Waals surface area contributed by atoms with Gasteiger partial charge >= 0.3 is 0 Å². The van der Waals surface area contributed by atoms with Crippen molar-refractivity contribution in [2.45, 2.75) is 60.0 Å². The summed E-state index contributed by atoms with van der Waals surface area (Å²) in [6.45, 7) is 12.0. The van der Waals surface area contributed by atoms with Gasteiger partial charge < -0.3 is 10.5 Å². The molecule has 1 aliphatic carbocycles. The van der Waals surface area contributed by atoms with E-state index in [1.165, 1.54) is 24.0 Å². The van der Waals surface area contributed by atoms with E-state index in [1.54, 1.807) is 0 Å². The fourth-order valence-corrected chi connectivity index (χ4v) is 3.39. The Hall–Kier alpha value is -1.02. The molecule has 0 bridgehead atoms. The Morgan fingerprint density at radius 3 is 2.52 bits per heavy atom. The second-order valence-electron chi connectivity index (χ2n) is 7.80. The Morgan fingerprint density at radius 1 is 1.19 bits per heavy atom. The molecule has 0 spiro atoms. The fourth-order valence-electron chi connectivity index (χ4n) is 3.39. The molecular formula is C19H31NO. The summed E-state index contributed by atoms with van der Waals surface area (Å²) in [5.41, 5.74) is 8.81. The summed E-state index contributed by atoms with van der Waals surface area (Å²) >= 11 is 0. The van der Waals surface area contributed by atoms with Gasteiger partial charge in [-0.25, -0.2) is 0 Å². The Balaban J connectivity index is 2.16. The maximum Gasteiger partial charge on any atom is 0.122 e. The highest BCUT2D eigenvalue weighted by molar-refractivity contribution is 5.36. The van der Waals surface area contributed by atoms with E-state index in [-0.39, 0.29) is 6.10 Å². The summed E-state index contributed by atoms with van der Waals surface area (Å²) < 4.78 is 6.42. The zero-order chi connectivity index (χ0) is 15.6. The second kappa shape index (κ2) is 6.39. The van der Waals surface area contributed by atoms with Gasteiger partial charge in [-0.2, -0.15) is 0 Å². The zero-order valence-corrected chi connectivity index (χ0v) is 14.3. The molecule has 1 saturated carbocycles. The van der Waals surface area contributed by atoms with Crippen LogP contribution in [-0.2, 0) is 0 Å². The molecule has 1 aromatic rings. The van der Waals surface area contributed by atoms with Gasteiger partial charge in [-0.15, -0.1) is 0 Å². The highest BCUT2D eigenvalue weighted by Gasteiger charge is 2.36. The van der Waals surface area contributed by atoms with Gasteiger partial charge in [0.05, 0.1) is 0 Å². The second-order valence-corrected chi connectivity index (χ2v) is 7.80. The van der Waals surface area contributed by atoms with E-state index in [4.69, 9.17) is 10.5 Å². The number of aryl methyl sites for hydroxylation is 2. The molecule has 3 atom stereocenters. The van der Waals surface area contributed by atoms with E-state index in [1.807, 2.05) is 0 Å². The fraction of sp³-hybridized carbons (Fsp3) is 0.684. The molecule has 0 aliphatic heterocycles. The van der Waals surface area contributed by atoms with Crippen molar-refractivity contribution < 1.29 is 4.74 Å². The van der Waals surface area contributed by atoms with Gasteiger partial charge in [0.15, 0.2) is 0 Å². The molecular weight excluding hydrogens is 258 g/mol. The minimum absolute atomic E-state index is 0.258. The van der Waals surface area contributed by atoms with E-state index >= 15 is 0 Å². The number of hydrogen-bond acceptors (Lipinski definition) is 2. The third-order valence-corrected chi connectivity index (χ3v) is 5.08. The maximum atomic E-state index is 6.42. The van der Waals surface area contributed by atoms with Crippen molar-refractivity contribution in [3.63, 3.8) is 0 Å². The van der Waals surface area contributed by atoms with Crippen molar-refractivity contribution in [2.24, 2.45) is 23.0 Å². The van der Waals surface area contributed by atoms with Crippen LogP contribution in [0.15, 0.2) is 18.2 Å². The molecule has 0 radical (unpaired) electrons. The third kappa shape index (κ3) is 4.00. The van der Waals surface area contributed by atoms with Crippen LogP contribution >= 0.6 is 0 Å². The van der Waals surface area contributed by atoms with Crippen molar-refractivity contribution in [1.82, 2.24) is 0 Å². The summed E-state index contributed by atoms with van der Waals surface area (Å²) in [5, 5.41) is 0. The van der Waals surface area contributed by atoms with Gasteiger partial charge in [-0.1, -0.05) is 32.9 Å². The lowest BCUT2D eigenvalue weighted by atomic mass is 9.68. The lowest BCUT2D eigenvalue weighted by Crippen LogP contribution is -2.41. The molecule has 118 valence electrons. The van der Waals surface area contributed by atoms with Crippen LogP contribution in [0.2, 0.25) is 0 Å². The van der Waals surface area contributed by atoms with Gasteiger partial charge in [0.2, 0.25) is 0 Å².